The maximum Gasteiger partial charge on any atom is 0.228 e. The van der Waals surface area contributed by atoms with Crippen LogP contribution in [0.25, 0.3) is 11.4 Å². The first kappa shape index (κ1) is 17.1. The number of aromatic nitrogens is 2. The van der Waals surface area contributed by atoms with E-state index in [1.807, 2.05) is 30.3 Å². The summed E-state index contributed by atoms with van der Waals surface area (Å²) in [6.45, 7) is 0.462. The molecular formula is C19H15Cl2N3O2. The molecule has 0 saturated heterocycles. The Morgan fingerprint density at radius 3 is 2.77 bits per heavy atom. The molecule has 1 amide bonds. The maximum atomic E-state index is 12.4. The number of anilines is 1. The van der Waals surface area contributed by atoms with Gasteiger partial charge in [0.05, 0.1) is 0 Å². The number of amides is 1. The topological polar surface area (TPSA) is 59.2 Å². The molecule has 0 radical (unpaired) electrons. The Bertz CT molecular complexity index is 971. The number of benzene rings is 2. The number of halogens is 2. The fourth-order valence-corrected chi connectivity index (χ4v) is 3.42. The Morgan fingerprint density at radius 1 is 1.08 bits per heavy atom. The van der Waals surface area contributed by atoms with Crippen LogP contribution in [-0.2, 0) is 17.6 Å². The van der Waals surface area contributed by atoms with Crippen molar-refractivity contribution in [2.24, 2.45) is 0 Å². The summed E-state index contributed by atoms with van der Waals surface area (Å²) < 4.78 is 5.33. The van der Waals surface area contributed by atoms with Crippen molar-refractivity contribution in [1.29, 1.82) is 0 Å². The van der Waals surface area contributed by atoms with Crippen LogP contribution in [0.4, 0.5) is 5.69 Å². The van der Waals surface area contributed by atoms with E-state index in [-0.39, 0.29) is 5.91 Å². The van der Waals surface area contributed by atoms with Gasteiger partial charge in [0, 0.05) is 40.7 Å². The smallest absolute Gasteiger partial charge is 0.228 e. The summed E-state index contributed by atoms with van der Waals surface area (Å²) in [4.78, 5) is 18.5. The number of fused-ring (bicyclic) bond motifs is 1. The Morgan fingerprint density at radius 2 is 1.92 bits per heavy atom. The Balaban J connectivity index is 1.51. The van der Waals surface area contributed by atoms with E-state index < -0.39 is 0 Å². The van der Waals surface area contributed by atoms with Crippen molar-refractivity contribution >= 4 is 34.8 Å². The van der Waals surface area contributed by atoms with E-state index in [4.69, 9.17) is 27.7 Å². The highest BCUT2D eigenvalue weighted by molar-refractivity contribution is 6.31. The minimum atomic E-state index is 0.0781. The van der Waals surface area contributed by atoms with Gasteiger partial charge in [0.15, 0.2) is 0 Å². The quantitative estimate of drug-likeness (QED) is 0.657. The van der Waals surface area contributed by atoms with E-state index in [9.17, 15) is 4.79 Å². The molecule has 0 unspecified atom stereocenters. The van der Waals surface area contributed by atoms with E-state index >= 15 is 0 Å². The molecule has 4 rings (SSSR count). The Kier molecular flexibility index (Phi) is 4.66. The first-order valence-corrected chi connectivity index (χ1v) is 9.03. The van der Waals surface area contributed by atoms with Crippen LogP contribution < -0.4 is 4.90 Å². The van der Waals surface area contributed by atoms with Crippen molar-refractivity contribution in [2.45, 2.75) is 19.3 Å². The normalized spacial score (nSPS) is 13.8. The second-order valence-corrected chi connectivity index (χ2v) is 6.96. The summed E-state index contributed by atoms with van der Waals surface area (Å²) in [6.07, 6.45) is 1.69. The molecule has 1 aliphatic heterocycles. The van der Waals surface area contributed by atoms with E-state index in [0.717, 1.165) is 23.2 Å². The number of hydrogen-bond acceptors (Lipinski definition) is 4. The van der Waals surface area contributed by atoms with Gasteiger partial charge in [0.2, 0.25) is 17.6 Å². The molecule has 0 saturated carbocycles. The maximum absolute atomic E-state index is 12.4. The lowest BCUT2D eigenvalue weighted by Gasteiger charge is -2.29. The Hall–Kier alpha value is -2.37. The molecule has 7 heteroatoms. The van der Waals surface area contributed by atoms with Gasteiger partial charge in [0.25, 0.3) is 0 Å². The van der Waals surface area contributed by atoms with Crippen molar-refractivity contribution in [3.8, 4) is 11.4 Å². The van der Waals surface area contributed by atoms with Crippen LogP contribution in [0.15, 0.2) is 47.0 Å². The van der Waals surface area contributed by atoms with Crippen LogP contribution in [0.1, 0.15) is 17.9 Å². The first-order valence-electron chi connectivity index (χ1n) is 8.27. The molecule has 0 bridgehead atoms. The van der Waals surface area contributed by atoms with Gasteiger partial charge in [-0.2, -0.15) is 4.98 Å². The molecular weight excluding hydrogens is 373 g/mol. The number of carbonyl (C=O) groups is 1. The standard InChI is InChI=1S/C19H15Cl2N3O2/c20-14-3-1-2-13(10-14)19-22-17(26-23-19)8-9-24-16-11-15(21)6-4-12(16)5-7-18(24)25/h1-4,6,10-11H,5,7-9H2. The minimum Gasteiger partial charge on any atom is -0.339 e. The average Bonchev–Trinajstić information content (AvgIpc) is 3.10. The highest BCUT2D eigenvalue weighted by Gasteiger charge is 2.24. The van der Waals surface area contributed by atoms with Gasteiger partial charge in [-0.3, -0.25) is 4.79 Å². The summed E-state index contributed by atoms with van der Waals surface area (Å²) in [5.74, 6) is 1.03. The summed E-state index contributed by atoms with van der Waals surface area (Å²) in [5.41, 5.74) is 2.78. The lowest BCUT2D eigenvalue weighted by molar-refractivity contribution is -0.118. The Labute approximate surface area is 160 Å². The predicted molar refractivity (Wildman–Crippen MR) is 101 cm³/mol. The molecule has 1 aromatic heterocycles. The van der Waals surface area contributed by atoms with E-state index in [1.54, 1.807) is 17.0 Å². The lowest BCUT2D eigenvalue weighted by atomic mass is 10.0. The molecule has 0 spiro atoms. The summed E-state index contributed by atoms with van der Waals surface area (Å²) in [7, 11) is 0. The molecule has 132 valence electrons. The zero-order valence-corrected chi connectivity index (χ0v) is 15.3. The molecule has 2 heterocycles. The third-order valence-electron chi connectivity index (χ3n) is 4.35. The lowest BCUT2D eigenvalue weighted by Crippen LogP contribution is -2.36. The molecule has 0 fully saturated rings. The third-order valence-corrected chi connectivity index (χ3v) is 4.82. The summed E-state index contributed by atoms with van der Waals surface area (Å²) in [5, 5.41) is 5.23. The van der Waals surface area contributed by atoms with Crippen molar-refractivity contribution in [2.75, 3.05) is 11.4 Å². The van der Waals surface area contributed by atoms with Gasteiger partial charge in [-0.1, -0.05) is 46.6 Å². The number of carbonyl (C=O) groups excluding carboxylic acids is 1. The molecule has 26 heavy (non-hydrogen) atoms. The minimum absolute atomic E-state index is 0.0781. The molecule has 3 aromatic rings. The first-order chi connectivity index (χ1) is 12.6. The van der Waals surface area contributed by atoms with Crippen LogP contribution in [0, 0.1) is 0 Å². The zero-order valence-electron chi connectivity index (χ0n) is 13.8. The van der Waals surface area contributed by atoms with Crippen LogP contribution >= 0.6 is 23.2 Å². The number of hydrogen-bond donors (Lipinski definition) is 0. The molecule has 2 aromatic carbocycles. The van der Waals surface area contributed by atoms with Gasteiger partial charge < -0.3 is 9.42 Å². The van der Waals surface area contributed by atoms with E-state index in [1.165, 1.54) is 0 Å². The van der Waals surface area contributed by atoms with Gasteiger partial charge in [0.1, 0.15) is 0 Å². The largest absolute Gasteiger partial charge is 0.339 e. The monoisotopic (exact) mass is 387 g/mol. The van der Waals surface area contributed by atoms with E-state index in [0.29, 0.717) is 41.1 Å². The van der Waals surface area contributed by atoms with E-state index in [2.05, 4.69) is 10.1 Å². The predicted octanol–water partition coefficient (Wildman–Crippen LogP) is 4.57. The van der Waals surface area contributed by atoms with Crippen molar-refractivity contribution in [1.82, 2.24) is 10.1 Å². The molecule has 0 atom stereocenters. The van der Waals surface area contributed by atoms with Gasteiger partial charge in [-0.15, -0.1) is 0 Å². The van der Waals surface area contributed by atoms with Crippen LogP contribution in [0.2, 0.25) is 10.0 Å². The van der Waals surface area contributed by atoms with Gasteiger partial charge >= 0.3 is 0 Å². The number of rotatable bonds is 4. The molecule has 1 aliphatic rings. The van der Waals surface area contributed by atoms with Crippen LogP contribution in [-0.4, -0.2) is 22.6 Å². The van der Waals surface area contributed by atoms with Crippen molar-refractivity contribution in [3.05, 3.63) is 64.0 Å². The van der Waals surface area contributed by atoms with Crippen molar-refractivity contribution in [3.63, 3.8) is 0 Å². The number of aryl methyl sites for hydroxylation is 1. The molecule has 0 aliphatic carbocycles. The molecule has 5 nitrogen and oxygen atoms in total. The fourth-order valence-electron chi connectivity index (χ4n) is 3.06. The van der Waals surface area contributed by atoms with Gasteiger partial charge in [-0.05, 0) is 36.2 Å². The third kappa shape index (κ3) is 3.45. The van der Waals surface area contributed by atoms with Crippen LogP contribution in [0.5, 0.6) is 0 Å². The second kappa shape index (κ2) is 7.09. The number of nitrogens with zero attached hydrogens (tertiary/aromatic N) is 3. The highest BCUT2D eigenvalue weighted by atomic mass is 35.5. The van der Waals surface area contributed by atoms with Gasteiger partial charge in [-0.25, -0.2) is 0 Å². The fraction of sp³-hybridized carbons (Fsp3) is 0.211. The highest BCUT2D eigenvalue weighted by Crippen LogP contribution is 2.30. The summed E-state index contributed by atoms with van der Waals surface area (Å²) >= 11 is 12.1. The second-order valence-electron chi connectivity index (χ2n) is 6.09. The van der Waals surface area contributed by atoms with Crippen LogP contribution in [0.3, 0.4) is 0 Å². The summed E-state index contributed by atoms with van der Waals surface area (Å²) in [6, 6.07) is 12.9. The SMILES string of the molecule is O=C1CCc2ccc(Cl)cc2N1CCc1nc(-c2cccc(Cl)c2)no1. The average molecular weight is 388 g/mol. The van der Waals surface area contributed by atoms with Crippen molar-refractivity contribution < 1.29 is 9.32 Å². The molecule has 0 N–H and O–H groups in total. The zero-order chi connectivity index (χ0) is 18.1.